The standard InChI is InChI=1S/C15H26ClN5.CH3NO2/c1-15(2,3)20-10-6-5-7-21(9-10)11-8-12(16)19-14(18-4)13(11)17;2-1(3)4/h8,10,20H,5-7,9,17H2,1-4H3,(H,18,19);2H2,(H,3,4). The lowest BCUT2D eigenvalue weighted by molar-refractivity contribution is 0.205. The minimum atomic E-state index is -1.33. The summed E-state index contributed by atoms with van der Waals surface area (Å²) < 4.78 is 0. The van der Waals surface area contributed by atoms with Crippen molar-refractivity contribution in [3.05, 3.63) is 11.2 Å². The first-order valence-electron chi connectivity index (χ1n) is 8.18. The highest BCUT2D eigenvalue weighted by molar-refractivity contribution is 6.30. The summed E-state index contributed by atoms with van der Waals surface area (Å²) in [6.07, 6.45) is 0.993. The third kappa shape index (κ3) is 7.23. The van der Waals surface area contributed by atoms with E-state index in [1.165, 1.54) is 6.42 Å². The van der Waals surface area contributed by atoms with Gasteiger partial charge >= 0.3 is 6.09 Å². The van der Waals surface area contributed by atoms with Crippen molar-refractivity contribution in [1.82, 2.24) is 10.3 Å². The van der Waals surface area contributed by atoms with Crippen LogP contribution >= 0.6 is 11.6 Å². The molecule has 1 atom stereocenters. The quantitative estimate of drug-likeness (QED) is 0.515. The molecule has 25 heavy (non-hydrogen) atoms. The van der Waals surface area contributed by atoms with Gasteiger partial charge in [0.05, 0.1) is 11.4 Å². The second-order valence-electron chi connectivity index (χ2n) is 6.99. The van der Waals surface area contributed by atoms with Crippen molar-refractivity contribution in [2.24, 2.45) is 5.73 Å². The number of carboxylic acid groups (broad SMARTS) is 1. The van der Waals surface area contributed by atoms with E-state index in [0.717, 1.165) is 25.2 Å². The smallest absolute Gasteiger partial charge is 0.402 e. The van der Waals surface area contributed by atoms with E-state index < -0.39 is 6.09 Å². The van der Waals surface area contributed by atoms with E-state index >= 15 is 0 Å². The Morgan fingerprint density at radius 2 is 2.08 bits per heavy atom. The highest BCUT2D eigenvalue weighted by Crippen LogP contribution is 2.33. The fourth-order valence-corrected chi connectivity index (χ4v) is 3.08. The maximum Gasteiger partial charge on any atom is 0.402 e. The summed E-state index contributed by atoms with van der Waals surface area (Å²) in [5.41, 5.74) is 12.0. The SMILES string of the molecule is CNc1nc(Cl)cc(N2CCCC(NC(C)(C)C)C2)c1N.NC(=O)O. The number of hydrogen-bond acceptors (Lipinski definition) is 6. The van der Waals surface area contributed by atoms with Crippen LogP contribution in [0.2, 0.25) is 5.15 Å². The van der Waals surface area contributed by atoms with Crippen LogP contribution in [0.15, 0.2) is 6.07 Å². The van der Waals surface area contributed by atoms with E-state index in [1.807, 2.05) is 6.07 Å². The number of rotatable bonds is 3. The molecule has 9 heteroatoms. The normalized spacial score (nSPS) is 17.5. The molecule has 1 aromatic heterocycles. The summed E-state index contributed by atoms with van der Waals surface area (Å²) in [5, 5.41) is 14.3. The van der Waals surface area contributed by atoms with E-state index in [4.69, 9.17) is 27.2 Å². The number of pyridine rings is 1. The van der Waals surface area contributed by atoms with Crippen molar-refractivity contribution >= 4 is 34.9 Å². The largest absolute Gasteiger partial charge is 0.465 e. The Kier molecular flexibility index (Phi) is 7.57. The van der Waals surface area contributed by atoms with Crippen LogP contribution in [-0.2, 0) is 0 Å². The summed E-state index contributed by atoms with van der Waals surface area (Å²) in [5.74, 6) is 0.642. The molecule has 1 aromatic rings. The lowest BCUT2D eigenvalue weighted by Crippen LogP contribution is -2.52. The van der Waals surface area contributed by atoms with Crippen LogP contribution in [0.5, 0.6) is 0 Å². The Bertz CT molecular complexity index is 587. The number of aromatic nitrogens is 1. The van der Waals surface area contributed by atoms with Crippen LogP contribution in [0, 0.1) is 0 Å². The number of amides is 1. The second-order valence-corrected chi connectivity index (χ2v) is 7.38. The monoisotopic (exact) mass is 372 g/mol. The predicted octanol–water partition coefficient (Wildman–Crippen LogP) is 2.34. The molecule has 1 aliphatic rings. The van der Waals surface area contributed by atoms with Gasteiger partial charge in [0.25, 0.3) is 0 Å². The van der Waals surface area contributed by atoms with E-state index in [1.54, 1.807) is 7.05 Å². The number of piperidine rings is 1. The van der Waals surface area contributed by atoms with Gasteiger partial charge in [-0.3, -0.25) is 0 Å². The van der Waals surface area contributed by atoms with Crippen LogP contribution in [0.3, 0.4) is 0 Å². The molecule has 1 saturated heterocycles. The number of primary amides is 1. The van der Waals surface area contributed by atoms with Crippen molar-refractivity contribution in [1.29, 1.82) is 0 Å². The molecule has 0 radical (unpaired) electrons. The molecule has 1 unspecified atom stereocenters. The molecule has 1 fully saturated rings. The predicted molar refractivity (Wildman–Crippen MR) is 104 cm³/mol. The van der Waals surface area contributed by atoms with E-state index in [2.05, 4.69) is 47.0 Å². The molecule has 0 saturated carbocycles. The molecular formula is C16H29ClN6O2. The van der Waals surface area contributed by atoms with Gasteiger partial charge in [-0.15, -0.1) is 0 Å². The van der Waals surface area contributed by atoms with Crippen LogP contribution in [-0.4, -0.2) is 47.9 Å². The molecule has 2 heterocycles. The second kappa shape index (κ2) is 8.96. The van der Waals surface area contributed by atoms with Gasteiger partial charge in [-0.1, -0.05) is 11.6 Å². The van der Waals surface area contributed by atoms with Gasteiger partial charge in [0.2, 0.25) is 0 Å². The lowest BCUT2D eigenvalue weighted by Gasteiger charge is -2.38. The van der Waals surface area contributed by atoms with Gasteiger partial charge in [0.15, 0.2) is 5.82 Å². The number of halogens is 1. The van der Waals surface area contributed by atoms with Gasteiger partial charge in [-0.25, -0.2) is 9.78 Å². The zero-order valence-electron chi connectivity index (χ0n) is 15.3. The number of carbonyl (C=O) groups is 1. The maximum absolute atomic E-state index is 8.78. The maximum atomic E-state index is 8.78. The molecule has 1 aliphatic heterocycles. The van der Waals surface area contributed by atoms with Crippen molar-refractivity contribution in [2.75, 3.05) is 36.1 Å². The van der Waals surface area contributed by atoms with Gasteiger partial charge in [0, 0.05) is 37.8 Å². The summed E-state index contributed by atoms with van der Waals surface area (Å²) in [6, 6.07) is 2.32. The molecule has 8 nitrogen and oxygen atoms in total. The third-order valence-electron chi connectivity index (χ3n) is 3.64. The zero-order valence-corrected chi connectivity index (χ0v) is 16.0. The molecule has 0 spiro atoms. The van der Waals surface area contributed by atoms with Crippen LogP contribution in [0.4, 0.5) is 22.0 Å². The molecule has 0 aliphatic carbocycles. The number of nitrogens with zero attached hydrogens (tertiary/aromatic N) is 2. The Balaban J connectivity index is 0.000000705. The average molecular weight is 373 g/mol. The van der Waals surface area contributed by atoms with E-state index in [-0.39, 0.29) is 5.54 Å². The third-order valence-corrected chi connectivity index (χ3v) is 3.84. The first-order valence-corrected chi connectivity index (χ1v) is 8.56. The van der Waals surface area contributed by atoms with Crippen molar-refractivity contribution in [2.45, 2.75) is 45.2 Å². The molecule has 0 bridgehead atoms. The molecule has 1 amide bonds. The molecule has 7 N–H and O–H groups in total. The van der Waals surface area contributed by atoms with Crippen molar-refractivity contribution in [3.63, 3.8) is 0 Å². The minimum Gasteiger partial charge on any atom is -0.465 e. The number of hydrogen-bond donors (Lipinski definition) is 5. The van der Waals surface area contributed by atoms with E-state index in [9.17, 15) is 0 Å². The topological polar surface area (TPSA) is 130 Å². The average Bonchev–Trinajstić information content (AvgIpc) is 2.47. The molecule has 2 rings (SSSR count). The number of anilines is 3. The fourth-order valence-electron chi connectivity index (χ4n) is 2.89. The van der Waals surface area contributed by atoms with Gasteiger partial charge in [-0.2, -0.15) is 0 Å². The first kappa shape index (κ1) is 21.1. The Labute approximate surface area is 153 Å². The Morgan fingerprint density at radius 1 is 1.48 bits per heavy atom. The molecular weight excluding hydrogens is 344 g/mol. The number of nitrogen functional groups attached to an aromatic ring is 1. The highest BCUT2D eigenvalue weighted by Gasteiger charge is 2.25. The summed E-state index contributed by atoms with van der Waals surface area (Å²) in [6.45, 7) is 8.52. The van der Waals surface area contributed by atoms with Gasteiger partial charge in [0.1, 0.15) is 5.15 Å². The Morgan fingerprint density at radius 3 is 2.60 bits per heavy atom. The summed E-state index contributed by atoms with van der Waals surface area (Å²) in [4.78, 5) is 15.3. The van der Waals surface area contributed by atoms with Crippen LogP contribution in [0.25, 0.3) is 0 Å². The van der Waals surface area contributed by atoms with Crippen molar-refractivity contribution < 1.29 is 9.90 Å². The van der Waals surface area contributed by atoms with Gasteiger partial charge < -0.3 is 32.1 Å². The zero-order chi connectivity index (χ0) is 19.2. The van der Waals surface area contributed by atoms with Crippen LogP contribution in [0.1, 0.15) is 33.6 Å². The number of nitrogens with one attached hydrogen (secondary N) is 2. The first-order chi connectivity index (χ1) is 11.5. The Hall–Kier alpha value is -1.93. The van der Waals surface area contributed by atoms with Gasteiger partial charge in [-0.05, 0) is 33.6 Å². The lowest BCUT2D eigenvalue weighted by atomic mass is 10.0. The summed E-state index contributed by atoms with van der Waals surface area (Å²) in [7, 11) is 1.80. The fraction of sp³-hybridized carbons (Fsp3) is 0.625. The highest BCUT2D eigenvalue weighted by atomic mass is 35.5. The molecule has 0 aromatic carbocycles. The van der Waals surface area contributed by atoms with E-state index in [0.29, 0.717) is 22.7 Å². The minimum absolute atomic E-state index is 0.116. The van der Waals surface area contributed by atoms with Crippen LogP contribution < -0.4 is 27.0 Å². The molecule has 142 valence electrons. The summed E-state index contributed by atoms with van der Waals surface area (Å²) >= 11 is 6.11. The number of nitrogens with two attached hydrogens (primary N) is 2. The van der Waals surface area contributed by atoms with Crippen molar-refractivity contribution in [3.8, 4) is 0 Å².